The molecule has 2 heterocycles. The Morgan fingerprint density at radius 3 is 2.40 bits per heavy atom. The molecule has 2 aromatic carbocycles. The van der Waals surface area contributed by atoms with Crippen LogP contribution in [0.1, 0.15) is 12.8 Å². The molecule has 12 heteroatoms. The zero-order valence-corrected chi connectivity index (χ0v) is 20.3. The number of carbonyl (C=O) groups excluding carboxylic acids is 1. The lowest BCUT2D eigenvalue weighted by Crippen LogP contribution is -2.52. The van der Waals surface area contributed by atoms with E-state index in [0.29, 0.717) is 12.0 Å². The van der Waals surface area contributed by atoms with Crippen LogP contribution in [0, 0.1) is 5.82 Å². The van der Waals surface area contributed by atoms with Crippen LogP contribution in [0.4, 0.5) is 15.9 Å². The molecular formula is C23H23FN4O5S2. The summed E-state index contributed by atoms with van der Waals surface area (Å²) >= 11 is 0. The first kappa shape index (κ1) is 24.8. The van der Waals surface area contributed by atoms with Crippen molar-refractivity contribution in [2.45, 2.75) is 28.7 Å². The molecule has 1 aromatic heterocycles. The number of nitrogens with zero attached hydrogens (tertiary/aromatic N) is 2. The van der Waals surface area contributed by atoms with Crippen molar-refractivity contribution in [3.05, 3.63) is 66.6 Å². The van der Waals surface area contributed by atoms with Crippen LogP contribution in [0.3, 0.4) is 0 Å². The minimum absolute atomic E-state index is 0.102. The number of sulfone groups is 1. The smallest absolute Gasteiger partial charge is 0.245 e. The molecule has 1 saturated heterocycles. The number of pyridine rings is 1. The van der Waals surface area contributed by atoms with Gasteiger partial charge >= 0.3 is 0 Å². The van der Waals surface area contributed by atoms with Gasteiger partial charge in [-0.2, -0.15) is 4.72 Å². The molecule has 0 radical (unpaired) electrons. The number of carbonyl (C=O) groups is 1. The Balaban J connectivity index is 1.70. The van der Waals surface area contributed by atoms with Crippen molar-refractivity contribution in [2.24, 2.45) is 0 Å². The summed E-state index contributed by atoms with van der Waals surface area (Å²) in [6.07, 6.45) is 2.53. The number of rotatable bonds is 6. The molecule has 9 nitrogen and oxygen atoms in total. The van der Waals surface area contributed by atoms with Crippen LogP contribution in [0.15, 0.2) is 70.6 Å². The highest BCUT2D eigenvalue weighted by atomic mass is 32.2. The highest BCUT2D eigenvalue weighted by Crippen LogP contribution is 2.36. The Morgan fingerprint density at radius 1 is 1.06 bits per heavy atom. The fourth-order valence-corrected chi connectivity index (χ4v) is 6.17. The van der Waals surface area contributed by atoms with Crippen molar-refractivity contribution in [1.82, 2.24) is 9.71 Å². The number of anilines is 2. The van der Waals surface area contributed by atoms with E-state index >= 15 is 4.39 Å². The summed E-state index contributed by atoms with van der Waals surface area (Å²) < 4.78 is 68.6. The number of amides is 1. The van der Waals surface area contributed by atoms with Gasteiger partial charge in [0.15, 0.2) is 15.7 Å². The van der Waals surface area contributed by atoms with Gasteiger partial charge in [-0.3, -0.25) is 4.79 Å². The average molecular weight is 519 g/mol. The number of nitrogens with one attached hydrogen (secondary N) is 1. The summed E-state index contributed by atoms with van der Waals surface area (Å²) in [6.45, 7) is 0.102. The molecule has 1 unspecified atom stereocenters. The van der Waals surface area contributed by atoms with Crippen molar-refractivity contribution in [3.63, 3.8) is 0 Å². The van der Waals surface area contributed by atoms with Gasteiger partial charge in [-0.25, -0.2) is 26.2 Å². The number of aromatic nitrogens is 1. The SMILES string of the molecule is CS(=O)(=O)c1c(-c2ccccc2)ccc(N2CCCC(NS(=O)(=O)c3ccc(N)nc3)C2=O)c1F. The first-order valence-electron chi connectivity index (χ1n) is 10.6. The number of benzene rings is 2. The van der Waals surface area contributed by atoms with Crippen molar-refractivity contribution >= 4 is 37.3 Å². The summed E-state index contributed by atoms with van der Waals surface area (Å²) in [7, 11) is -8.12. The zero-order valence-electron chi connectivity index (χ0n) is 18.7. The molecule has 1 fully saturated rings. The van der Waals surface area contributed by atoms with E-state index in [1.54, 1.807) is 30.3 Å². The van der Waals surface area contributed by atoms with E-state index in [4.69, 9.17) is 5.73 Å². The van der Waals surface area contributed by atoms with Gasteiger partial charge in [0.25, 0.3) is 0 Å². The molecule has 3 N–H and O–H groups in total. The van der Waals surface area contributed by atoms with Crippen molar-refractivity contribution in [3.8, 4) is 11.1 Å². The van der Waals surface area contributed by atoms with Crippen molar-refractivity contribution in [1.29, 1.82) is 0 Å². The van der Waals surface area contributed by atoms with Gasteiger partial charge in [-0.05, 0) is 36.6 Å². The first-order chi connectivity index (χ1) is 16.5. The summed E-state index contributed by atoms with van der Waals surface area (Å²) in [5.41, 5.74) is 5.95. The average Bonchev–Trinajstić information content (AvgIpc) is 2.80. The maximum atomic E-state index is 15.7. The van der Waals surface area contributed by atoms with Gasteiger partial charge in [0.05, 0.1) is 5.69 Å². The second-order valence-corrected chi connectivity index (χ2v) is 11.8. The predicted molar refractivity (Wildman–Crippen MR) is 129 cm³/mol. The lowest BCUT2D eigenvalue weighted by Gasteiger charge is -2.33. The molecule has 4 rings (SSSR count). The van der Waals surface area contributed by atoms with E-state index < -0.39 is 42.5 Å². The van der Waals surface area contributed by atoms with E-state index in [-0.39, 0.29) is 34.9 Å². The Morgan fingerprint density at radius 2 is 1.77 bits per heavy atom. The monoisotopic (exact) mass is 518 g/mol. The fourth-order valence-electron chi connectivity index (χ4n) is 3.99. The Bertz CT molecular complexity index is 1480. The number of halogens is 1. The van der Waals surface area contributed by atoms with Gasteiger partial charge in [0.1, 0.15) is 21.7 Å². The molecule has 184 valence electrons. The van der Waals surface area contributed by atoms with E-state index in [0.717, 1.165) is 17.4 Å². The molecule has 0 saturated carbocycles. The lowest BCUT2D eigenvalue weighted by molar-refractivity contribution is -0.121. The standard InChI is InChI=1S/C23H23FN4O5S2/c1-34(30,31)22-17(15-6-3-2-4-7-15)10-11-19(21(22)24)28-13-5-8-18(23(28)29)27-35(32,33)16-9-12-20(25)26-14-16/h2-4,6-7,9-12,14,18,27H,5,8,13H2,1H3,(H2,25,26). The lowest BCUT2D eigenvalue weighted by atomic mass is 10.0. The summed E-state index contributed by atoms with van der Waals surface area (Å²) in [4.78, 5) is 17.3. The van der Waals surface area contributed by atoms with Gasteiger partial charge in [-0.15, -0.1) is 0 Å². The van der Waals surface area contributed by atoms with Crippen LogP contribution in [0.2, 0.25) is 0 Å². The molecule has 1 aliphatic rings. The number of piperidine rings is 1. The maximum Gasteiger partial charge on any atom is 0.245 e. The number of sulfonamides is 1. The minimum atomic E-state index is -4.10. The van der Waals surface area contributed by atoms with Crippen LogP contribution < -0.4 is 15.4 Å². The van der Waals surface area contributed by atoms with Crippen LogP contribution in [0.5, 0.6) is 0 Å². The molecule has 0 bridgehead atoms. The largest absolute Gasteiger partial charge is 0.384 e. The summed E-state index contributed by atoms with van der Waals surface area (Å²) in [6, 6.07) is 12.7. The highest BCUT2D eigenvalue weighted by molar-refractivity contribution is 7.91. The zero-order chi connectivity index (χ0) is 25.4. The van der Waals surface area contributed by atoms with E-state index in [1.807, 2.05) is 0 Å². The summed E-state index contributed by atoms with van der Waals surface area (Å²) in [5.74, 6) is -1.61. The minimum Gasteiger partial charge on any atom is -0.384 e. The van der Waals surface area contributed by atoms with E-state index in [2.05, 4.69) is 9.71 Å². The predicted octanol–water partition coefficient (Wildman–Crippen LogP) is 2.35. The van der Waals surface area contributed by atoms with Crippen LogP contribution >= 0.6 is 0 Å². The van der Waals surface area contributed by atoms with Crippen LogP contribution in [-0.4, -0.2) is 46.6 Å². The second kappa shape index (κ2) is 9.36. The molecule has 1 aliphatic heterocycles. The fraction of sp³-hybridized carbons (Fsp3) is 0.217. The van der Waals surface area contributed by atoms with Gasteiger partial charge in [-0.1, -0.05) is 36.4 Å². The molecule has 1 atom stereocenters. The number of nitrogen functional groups attached to an aromatic ring is 1. The third-order valence-electron chi connectivity index (χ3n) is 5.63. The number of nitrogens with two attached hydrogens (primary N) is 1. The van der Waals surface area contributed by atoms with Crippen molar-refractivity contribution < 1.29 is 26.0 Å². The topological polar surface area (TPSA) is 140 Å². The second-order valence-electron chi connectivity index (χ2n) is 8.14. The molecule has 0 spiro atoms. The Hall–Kier alpha value is -3.35. The first-order valence-corrected chi connectivity index (χ1v) is 14.0. The molecular weight excluding hydrogens is 495 g/mol. The number of hydrogen-bond donors (Lipinski definition) is 2. The van der Waals surface area contributed by atoms with E-state index in [1.165, 1.54) is 24.3 Å². The van der Waals surface area contributed by atoms with Crippen LogP contribution in [0.25, 0.3) is 11.1 Å². The molecule has 1 amide bonds. The Kier molecular flexibility index (Phi) is 6.62. The molecule has 3 aromatic rings. The van der Waals surface area contributed by atoms with Crippen LogP contribution in [-0.2, 0) is 24.7 Å². The third kappa shape index (κ3) is 5.04. The highest BCUT2D eigenvalue weighted by Gasteiger charge is 2.36. The van der Waals surface area contributed by atoms with E-state index in [9.17, 15) is 21.6 Å². The van der Waals surface area contributed by atoms with Gasteiger partial charge in [0, 0.05) is 24.6 Å². The maximum absolute atomic E-state index is 15.7. The number of hydrogen-bond acceptors (Lipinski definition) is 7. The Labute approximate surface area is 202 Å². The quantitative estimate of drug-likeness (QED) is 0.511. The van der Waals surface area contributed by atoms with Gasteiger partial charge in [0.2, 0.25) is 15.9 Å². The normalized spacial score (nSPS) is 16.9. The molecule has 0 aliphatic carbocycles. The molecule has 35 heavy (non-hydrogen) atoms. The summed E-state index contributed by atoms with van der Waals surface area (Å²) in [5, 5.41) is 0. The third-order valence-corrected chi connectivity index (χ3v) is 8.23. The van der Waals surface area contributed by atoms with Crippen molar-refractivity contribution in [2.75, 3.05) is 23.4 Å². The van der Waals surface area contributed by atoms with Gasteiger partial charge < -0.3 is 10.6 Å².